The molecule has 2 aliphatic rings. The molecule has 0 N–H and O–H groups in total. The number of fused-ring (bicyclic) bond motifs is 1. The lowest BCUT2D eigenvalue weighted by atomic mass is 10.1. The summed E-state index contributed by atoms with van der Waals surface area (Å²) >= 11 is 3.46. The topological polar surface area (TPSA) is 23.6 Å². The standard InChI is InChI=1S/C14H17BrN2O/c15-13-6-2-1-5-12(13)14(18)17-9-8-16-7-3-4-11(16)10-17/h1-2,5-6,11H,3-4,7-10H2. The van der Waals surface area contributed by atoms with Crippen molar-refractivity contribution in [2.45, 2.75) is 18.9 Å². The second-order valence-electron chi connectivity index (χ2n) is 5.06. The van der Waals surface area contributed by atoms with Gasteiger partial charge in [0.1, 0.15) is 0 Å². The summed E-state index contributed by atoms with van der Waals surface area (Å²) in [6.45, 7) is 3.99. The first-order valence-corrected chi connectivity index (χ1v) is 7.33. The van der Waals surface area contributed by atoms with Gasteiger partial charge in [-0.1, -0.05) is 12.1 Å². The highest BCUT2D eigenvalue weighted by atomic mass is 79.9. The van der Waals surface area contributed by atoms with Gasteiger partial charge < -0.3 is 4.90 Å². The fourth-order valence-electron chi connectivity index (χ4n) is 2.98. The van der Waals surface area contributed by atoms with Gasteiger partial charge in [0.2, 0.25) is 0 Å². The molecular weight excluding hydrogens is 292 g/mol. The maximum atomic E-state index is 12.5. The van der Waals surface area contributed by atoms with Gasteiger partial charge in [0.05, 0.1) is 5.56 Å². The van der Waals surface area contributed by atoms with Gasteiger partial charge in [0.15, 0.2) is 0 Å². The molecule has 18 heavy (non-hydrogen) atoms. The minimum atomic E-state index is 0.161. The zero-order chi connectivity index (χ0) is 12.5. The number of amides is 1. The van der Waals surface area contributed by atoms with E-state index >= 15 is 0 Å². The molecule has 3 rings (SSSR count). The molecule has 2 fully saturated rings. The quantitative estimate of drug-likeness (QED) is 0.795. The van der Waals surface area contributed by atoms with Gasteiger partial charge >= 0.3 is 0 Å². The van der Waals surface area contributed by atoms with Crippen molar-refractivity contribution in [3.05, 3.63) is 34.3 Å². The van der Waals surface area contributed by atoms with Crippen LogP contribution in [0.15, 0.2) is 28.7 Å². The molecule has 0 saturated carbocycles. The third-order valence-electron chi connectivity index (χ3n) is 3.98. The van der Waals surface area contributed by atoms with E-state index in [0.29, 0.717) is 6.04 Å². The summed E-state index contributed by atoms with van der Waals surface area (Å²) in [7, 11) is 0. The largest absolute Gasteiger partial charge is 0.336 e. The van der Waals surface area contributed by atoms with Crippen LogP contribution in [0.1, 0.15) is 23.2 Å². The number of benzene rings is 1. The Morgan fingerprint density at radius 1 is 1.22 bits per heavy atom. The summed E-state index contributed by atoms with van der Waals surface area (Å²) in [6, 6.07) is 8.27. The number of carbonyl (C=O) groups excluding carboxylic acids is 1. The molecule has 3 nitrogen and oxygen atoms in total. The molecule has 4 heteroatoms. The van der Waals surface area contributed by atoms with Crippen LogP contribution in [0.4, 0.5) is 0 Å². The Bertz CT molecular complexity index is 463. The normalized spacial score (nSPS) is 24.1. The van der Waals surface area contributed by atoms with Crippen LogP contribution in [0.25, 0.3) is 0 Å². The average Bonchev–Trinajstić information content (AvgIpc) is 2.85. The van der Waals surface area contributed by atoms with Gasteiger partial charge in [-0.05, 0) is 47.4 Å². The van der Waals surface area contributed by atoms with E-state index in [4.69, 9.17) is 0 Å². The molecule has 2 aliphatic heterocycles. The predicted octanol–water partition coefficient (Wildman–Crippen LogP) is 2.37. The number of halogens is 1. The molecule has 2 saturated heterocycles. The van der Waals surface area contributed by atoms with Gasteiger partial charge in [-0.25, -0.2) is 0 Å². The predicted molar refractivity (Wildman–Crippen MR) is 74.6 cm³/mol. The summed E-state index contributed by atoms with van der Waals surface area (Å²) in [5.41, 5.74) is 0.781. The molecule has 2 heterocycles. The second kappa shape index (κ2) is 5.02. The number of carbonyl (C=O) groups is 1. The van der Waals surface area contributed by atoms with Crippen molar-refractivity contribution in [2.75, 3.05) is 26.2 Å². The molecule has 1 amide bonds. The molecule has 0 bridgehead atoms. The van der Waals surface area contributed by atoms with Crippen LogP contribution in [0, 0.1) is 0 Å². The van der Waals surface area contributed by atoms with E-state index in [0.717, 1.165) is 29.7 Å². The lowest BCUT2D eigenvalue weighted by Crippen LogP contribution is -2.52. The molecule has 0 aromatic heterocycles. The summed E-state index contributed by atoms with van der Waals surface area (Å²) in [4.78, 5) is 17.0. The molecule has 1 unspecified atom stereocenters. The fraction of sp³-hybridized carbons (Fsp3) is 0.500. The first-order chi connectivity index (χ1) is 8.75. The van der Waals surface area contributed by atoms with Crippen LogP contribution in [-0.2, 0) is 0 Å². The molecular formula is C14H17BrN2O. The Hall–Kier alpha value is -0.870. The van der Waals surface area contributed by atoms with Crippen molar-refractivity contribution in [3.63, 3.8) is 0 Å². The summed E-state index contributed by atoms with van der Waals surface area (Å²) < 4.78 is 0.892. The molecule has 1 aromatic carbocycles. The van der Waals surface area contributed by atoms with Crippen molar-refractivity contribution in [1.29, 1.82) is 0 Å². The van der Waals surface area contributed by atoms with Crippen LogP contribution in [-0.4, -0.2) is 47.9 Å². The van der Waals surface area contributed by atoms with Crippen LogP contribution >= 0.6 is 15.9 Å². The van der Waals surface area contributed by atoms with Gasteiger partial charge in [-0.3, -0.25) is 9.69 Å². The molecule has 0 aliphatic carbocycles. The number of hydrogen-bond acceptors (Lipinski definition) is 2. The first kappa shape index (κ1) is 12.2. The average molecular weight is 309 g/mol. The number of piperazine rings is 1. The van der Waals surface area contributed by atoms with Crippen molar-refractivity contribution in [2.24, 2.45) is 0 Å². The maximum Gasteiger partial charge on any atom is 0.255 e. The third kappa shape index (κ3) is 2.19. The van der Waals surface area contributed by atoms with Gasteiger partial charge in [-0.15, -0.1) is 0 Å². The Labute approximate surface area is 116 Å². The van der Waals surface area contributed by atoms with Crippen LogP contribution in [0.3, 0.4) is 0 Å². The van der Waals surface area contributed by atoms with Crippen molar-refractivity contribution in [1.82, 2.24) is 9.80 Å². The molecule has 1 aromatic rings. The van der Waals surface area contributed by atoms with E-state index < -0.39 is 0 Å². The Morgan fingerprint density at radius 2 is 2.06 bits per heavy atom. The number of hydrogen-bond donors (Lipinski definition) is 0. The second-order valence-corrected chi connectivity index (χ2v) is 5.92. The highest BCUT2D eigenvalue weighted by molar-refractivity contribution is 9.10. The van der Waals surface area contributed by atoms with E-state index in [1.807, 2.05) is 29.2 Å². The highest BCUT2D eigenvalue weighted by Crippen LogP contribution is 2.24. The van der Waals surface area contributed by atoms with E-state index in [1.54, 1.807) is 0 Å². The zero-order valence-corrected chi connectivity index (χ0v) is 11.9. The Morgan fingerprint density at radius 3 is 2.89 bits per heavy atom. The van der Waals surface area contributed by atoms with E-state index in [-0.39, 0.29) is 5.91 Å². The summed E-state index contributed by atoms with van der Waals surface area (Å²) in [5, 5.41) is 0. The molecule has 0 radical (unpaired) electrons. The lowest BCUT2D eigenvalue weighted by Gasteiger charge is -2.37. The number of nitrogens with zero attached hydrogens (tertiary/aromatic N) is 2. The van der Waals surface area contributed by atoms with Crippen molar-refractivity contribution < 1.29 is 4.79 Å². The maximum absolute atomic E-state index is 12.5. The zero-order valence-electron chi connectivity index (χ0n) is 10.3. The molecule has 0 spiro atoms. The van der Waals surface area contributed by atoms with Gasteiger partial charge in [0.25, 0.3) is 5.91 Å². The van der Waals surface area contributed by atoms with E-state index in [1.165, 1.54) is 19.4 Å². The minimum Gasteiger partial charge on any atom is -0.336 e. The smallest absolute Gasteiger partial charge is 0.255 e. The van der Waals surface area contributed by atoms with Gasteiger partial charge in [0, 0.05) is 30.1 Å². The lowest BCUT2D eigenvalue weighted by molar-refractivity contribution is 0.0570. The SMILES string of the molecule is O=C(c1ccccc1Br)N1CCN2CCCC2C1. The van der Waals surface area contributed by atoms with Gasteiger partial charge in [-0.2, -0.15) is 0 Å². The van der Waals surface area contributed by atoms with E-state index in [2.05, 4.69) is 20.8 Å². The molecule has 96 valence electrons. The Kier molecular flexibility index (Phi) is 3.39. The van der Waals surface area contributed by atoms with Crippen molar-refractivity contribution >= 4 is 21.8 Å². The van der Waals surface area contributed by atoms with Crippen LogP contribution in [0.2, 0.25) is 0 Å². The van der Waals surface area contributed by atoms with Crippen LogP contribution in [0.5, 0.6) is 0 Å². The minimum absolute atomic E-state index is 0.161. The Balaban J connectivity index is 1.75. The summed E-state index contributed by atoms with van der Waals surface area (Å²) in [5.74, 6) is 0.161. The summed E-state index contributed by atoms with van der Waals surface area (Å²) in [6.07, 6.45) is 2.52. The highest BCUT2D eigenvalue weighted by Gasteiger charge is 2.32. The number of rotatable bonds is 1. The monoisotopic (exact) mass is 308 g/mol. The fourth-order valence-corrected chi connectivity index (χ4v) is 3.43. The third-order valence-corrected chi connectivity index (χ3v) is 4.67. The first-order valence-electron chi connectivity index (χ1n) is 6.53. The molecule has 1 atom stereocenters. The van der Waals surface area contributed by atoms with Crippen LogP contribution < -0.4 is 0 Å². The van der Waals surface area contributed by atoms with E-state index in [9.17, 15) is 4.79 Å². The van der Waals surface area contributed by atoms with Crippen molar-refractivity contribution in [3.8, 4) is 0 Å².